The number of aromatic amines is 1. The largest absolute Gasteiger partial charge is 0.322 e. The molecule has 2 amide bonds. The van der Waals surface area contributed by atoms with Gasteiger partial charge in [-0.05, 0) is 43.0 Å². The first-order valence-corrected chi connectivity index (χ1v) is 10.4. The molecule has 0 aliphatic carbocycles. The summed E-state index contributed by atoms with van der Waals surface area (Å²) in [5.74, 6) is -0.675. The zero-order chi connectivity index (χ0) is 22.4. The highest BCUT2D eigenvalue weighted by atomic mass is 35.5. The molecule has 1 aromatic carbocycles. The third-order valence-electron chi connectivity index (χ3n) is 5.96. The number of nitriles is 1. The number of hydrogen-bond acceptors (Lipinski definition) is 5. The molecule has 160 valence electrons. The van der Waals surface area contributed by atoms with Crippen molar-refractivity contribution in [3.8, 4) is 17.2 Å². The summed E-state index contributed by atoms with van der Waals surface area (Å²) in [6, 6.07) is 6.81. The van der Waals surface area contributed by atoms with E-state index < -0.39 is 11.8 Å². The van der Waals surface area contributed by atoms with E-state index in [0.717, 1.165) is 12.0 Å². The predicted molar refractivity (Wildman–Crippen MR) is 115 cm³/mol. The van der Waals surface area contributed by atoms with Gasteiger partial charge in [0.15, 0.2) is 0 Å². The first-order chi connectivity index (χ1) is 15.5. The number of rotatable bonds is 2. The van der Waals surface area contributed by atoms with Crippen LogP contribution in [-0.4, -0.2) is 32.2 Å². The molecule has 32 heavy (non-hydrogen) atoms. The van der Waals surface area contributed by atoms with Crippen molar-refractivity contribution in [1.29, 1.82) is 5.26 Å². The van der Waals surface area contributed by atoms with Crippen LogP contribution in [-0.2, 0) is 6.42 Å². The van der Waals surface area contributed by atoms with E-state index in [2.05, 4.69) is 20.5 Å². The maximum Gasteiger partial charge on any atom is 0.322 e. The Balaban J connectivity index is 1.43. The molecule has 3 aromatic rings. The molecule has 2 aliphatic heterocycles. The average Bonchev–Trinajstić information content (AvgIpc) is 3.11. The highest BCUT2D eigenvalue weighted by molar-refractivity contribution is 6.33. The number of amides is 2. The summed E-state index contributed by atoms with van der Waals surface area (Å²) in [5.41, 5.74) is 2.23. The van der Waals surface area contributed by atoms with Gasteiger partial charge >= 0.3 is 6.03 Å². The van der Waals surface area contributed by atoms with Gasteiger partial charge in [-0.3, -0.25) is 9.78 Å². The Morgan fingerprint density at radius 1 is 1.31 bits per heavy atom. The van der Waals surface area contributed by atoms with Crippen molar-refractivity contribution in [3.05, 3.63) is 74.7 Å². The Morgan fingerprint density at radius 2 is 2.16 bits per heavy atom. The van der Waals surface area contributed by atoms with Crippen molar-refractivity contribution < 1.29 is 9.18 Å². The van der Waals surface area contributed by atoms with Gasteiger partial charge in [0.05, 0.1) is 28.0 Å². The van der Waals surface area contributed by atoms with E-state index in [-0.39, 0.29) is 33.9 Å². The smallest absolute Gasteiger partial charge is 0.313 e. The molecular formula is C22H16ClFN6O2. The summed E-state index contributed by atoms with van der Waals surface area (Å²) in [6.07, 6.45) is 4.88. The van der Waals surface area contributed by atoms with E-state index in [9.17, 15) is 19.2 Å². The number of pyridine rings is 1. The number of nitrogens with one attached hydrogen (secondary N) is 2. The van der Waals surface area contributed by atoms with Crippen LogP contribution in [0.25, 0.3) is 11.1 Å². The van der Waals surface area contributed by atoms with Crippen molar-refractivity contribution in [2.45, 2.75) is 31.3 Å². The minimum absolute atomic E-state index is 0.0593. The monoisotopic (exact) mass is 450 g/mol. The topological polar surface area (TPSA) is 115 Å². The Bertz CT molecular complexity index is 1350. The van der Waals surface area contributed by atoms with Gasteiger partial charge < -0.3 is 10.2 Å². The second-order valence-electron chi connectivity index (χ2n) is 7.78. The first kappa shape index (κ1) is 20.2. The summed E-state index contributed by atoms with van der Waals surface area (Å²) in [7, 11) is 0. The second kappa shape index (κ2) is 7.73. The number of aromatic nitrogens is 3. The fourth-order valence-electron chi connectivity index (χ4n) is 4.56. The fraction of sp³-hybridized carbons (Fsp3) is 0.227. The third kappa shape index (κ3) is 3.29. The number of anilines is 1. The zero-order valence-electron chi connectivity index (χ0n) is 16.6. The van der Waals surface area contributed by atoms with Crippen molar-refractivity contribution in [3.63, 3.8) is 0 Å². The fourth-order valence-corrected chi connectivity index (χ4v) is 4.83. The molecule has 2 N–H and O–H groups in total. The number of fused-ring (bicyclic) bond motifs is 4. The van der Waals surface area contributed by atoms with Crippen LogP contribution >= 0.6 is 11.6 Å². The summed E-state index contributed by atoms with van der Waals surface area (Å²) >= 11 is 6.38. The molecule has 0 spiro atoms. The second-order valence-corrected chi connectivity index (χ2v) is 8.18. The summed E-state index contributed by atoms with van der Waals surface area (Å²) < 4.78 is 14.9. The summed E-state index contributed by atoms with van der Waals surface area (Å²) in [6.45, 7) is 0. The Hall–Kier alpha value is -3.77. The van der Waals surface area contributed by atoms with E-state index in [0.29, 0.717) is 29.7 Å². The van der Waals surface area contributed by atoms with Gasteiger partial charge in [0.1, 0.15) is 11.9 Å². The molecule has 1 fully saturated rings. The Morgan fingerprint density at radius 3 is 2.97 bits per heavy atom. The van der Waals surface area contributed by atoms with Crippen molar-refractivity contribution >= 4 is 23.3 Å². The predicted octanol–water partition coefficient (Wildman–Crippen LogP) is 3.79. The number of nitrogens with zero attached hydrogens (tertiary/aromatic N) is 4. The van der Waals surface area contributed by atoms with Crippen molar-refractivity contribution in [1.82, 2.24) is 20.1 Å². The number of hydrogen-bond donors (Lipinski definition) is 2. The van der Waals surface area contributed by atoms with Crippen molar-refractivity contribution in [2.75, 3.05) is 5.32 Å². The van der Waals surface area contributed by atoms with Gasteiger partial charge in [-0.1, -0.05) is 11.6 Å². The Labute approximate surface area is 186 Å². The lowest BCUT2D eigenvalue weighted by molar-refractivity contribution is 0.177. The molecule has 1 saturated heterocycles. The molecule has 0 unspecified atom stereocenters. The van der Waals surface area contributed by atoms with Crippen LogP contribution in [0.2, 0.25) is 5.02 Å². The lowest BCUT2D eigenvalue weighted by Gasteiger charge is -2.35. The zero-order valence-corrected chi connectivity index (χ0v) is 17.4. The maximum absolute atomic E-state index is 14.9. The van der Waals surface area contributed by atoms with Gasteiger partial charge in [-0.25, -0.2) is 14.3 Å². The van der Waals surface area contributed by atoms with E-state index >= 15 is 0 Å². The van der Waals surface area contributed by atoms with Crippen LogP contribution in [0.4, 0.5) is 14.9 Å². The molecular weight excluding hydrogens is 435 g/mol. The molecule has 4 heterocycles. The molecule has 2 aromatic heterocycles. The number of H-pyrrole nitrogens is 1. The van der Waals surface area contributed by atoms with E-state index in [1.54, 1.807) is 11.0 Å². The van der Waals surface area contributed by atoms with Crippen LogP contribution in [0.1, 0.15) is 35.7 Å². The summed E-state index contributed by atoms with van der Waals surface area (Å²) in [4.78, 5) is 30.2. The molecule has 5 rings (SSSR count). The van der Waals surface area contributed by atoms with Crippen molar-refractivity contribution in [2.24, 2.45) is 0 Å². The first-order valence-electron chi connectivity index (χ1n) is 9.97. The number of benzene rings is 1. The molecule has 2 aliphatic rings. The molecule has 8 nitrogen and oxygen atoms in total. The highest BCUT2D eigenvalue weighted by Gasteiger charge is 2.44. The van der Waals surface area contributed by atoms with Gasteiger partial charge in [0, 0.05) is 35.6 Å². The maximum atomic E-state index is 14.9. The van der Waals surface area contributed by atoms with Gasteiger partial charge in [-0.15, -0.1) is 0 Å². The van der Waals surface area contributed by atoms with Crippen LogP contribution in [0, 0.1) is 17.1 Å². The van der Waals surface area contributed by atoms with Crippen LogP contribution in [0.3, 0.4) is 0 Å². The molecule has 0 saturated carbocycles. The van der Waals surface area contributed by atoms with Gasteiger partial charge in [0.2, 0.25) is 0 Å². The van der Waals surface area contributed by atoms with E-state index in [1.807, 2.05) is 6.07 Å². The van der Waals surface area contributed by atoms with Gasteiger partial charge in [-0.2, -0.15) is 10.4 Å². The SMILES string of the molecule is N#Cc1cnccc1-c1cc(F)c(NC(=O)N2[C@H]3CC[C@@H]2c2n[nH]c(=O)cc2C3)cc1Cl. The minimum Gasteiger partial charge on any atom is -0.313 e. The quantitative estimate of drug-likeness (QED) is 0.616. The molecule has 10 heteroatoms. The number of urea groups is 1. The van der Waals surface area contributed by atoms with E-state index in [1.165, 1.54) is 30.6 Å². The number of carbonyl (C=O) groups excluding carboxylic acids is 1. The molecule has 2 bridgehead atoms. The summed E-state index contributed by atoms with van der Waals surface area (Å²) in [5, 5.41) is 18.7. The molecule has 2 atom stereocenters. The third-order valence-corrected chi connectivity index (χ3v) is 6.27. The number of halogens is 2. The standard InChI is InChI=1S/C22H16ClFN6O2/c23-16-8-18(17(24)7-15(16)14-3-4-26-10-12(14)9-25)27-22(32)30-13-1-2-19(30)21-11(5-13)6-20(31)28-29-21/h3-4,6-8,10,13,19H,1-2,5H2,(H,27,32)(H,28,31)/t13-,19+/m0/s1. The van der Waals surface area contributed by atoms with Gasteiger partial charge in [0.25, 0.3) is 5.56 Å². The lowest BCUT2D eigenvalue weighted by Crippen LogP contribution is -2.45. The normalized spacial score (nSPS) is 18.7. The number of carbonyl (C=O) groups is 1. The lowest BCUT2D eigenvalue weighted by atomic mass is 9.99. The minimum atomic E-state index is -0.675. The van der Waals surface area contributed by atoms with E-state index in [4.69, 9.17) is 11.6 Å². The highest BCUT2D eigenvalue weighted by Crippen LogP contribution is 2.42. The Kier molecular flexibility index (Phi) is 4.87. The average molecular weight is 451 g/mol. The molecule has 0 radical (unpaired) electrons. The van der Waals surface area contributed by atoms with Crippen LogP contribution in [0.15, 0.2) is 41.5 Å². The van der Waals surface area contributed by atoms with Crippen LogP contribution in [0.5, 0.6) is 0 Å². The van der Waals surface area contributed by atoms with Crippen LogP contribution < -0.4 is 10.9 Å².